The molecule has 0 unspecified atom stereocenters. The van der Waals surface area contributed by atoms with Crippen LogP contribution in [-0.4, -0.2) is 54.7 Å². The Hall–Kier alpha value is -5.89. The van der Waals surface area contributed by atoms with E-state index >= 15 is 0 Å². The van der Waals surface area contributed by atoms with E-state index in [2.05, 4.69) is 23.6 Å². The minimum atomic E-state index is -0.462. The molecule has 0 spiro atoms. The summed E-state index contributed by atoms with van der Waals surface area (Å²) >= 11 is 1.35. The second-order valence-electron chi connectivity index (χ2n) is 14.5. The molecule has 0 aliphatic heterocycles. The summed E-state index contributed by atoms with van der Waals surface area (Å²) in [6.07, 6.45) is 13.0. The first-order chi connectivity index (χ1) is 29.3. The summed E-state index contributed by atoms with van der Waals surface area (Å²) in [5.74, 6) is -0.809. The van der Waals surface area contributed by atoms with Gasteiger partial charge >= 0.3 is 17.9 Å². The maximum Gasteiger partial charge on any atom is 0.330 e. The van der Waals surface area contributed by atoms with Crippen molar-refractivity contribution in [2.75, 3.05) is 18.2 Å². The van der Waals surface area contributed by atoms with Gasteiger partial charge in [0.05, 0.1) is 41.5 Å². The molecule has 13 nitrogen and oxygen atoms in total. The number of aromatic nitrogens is 1. The number of hydrazone groups is 1. The third-order valence-electron chi connectivity index (χ3n) is 10.0. The van der Waals surface area contributed by atoms with Gasteiger partial charge in [-0.2, -0.15) is 10.1 Å². The van der Waals surface area contributed by atoms with Gasteiger partial charge in [-0.05, 0) is 112 Å². The molecule has 4 aromatic rings. The fraction of sp³-hybridized carbons (Fsp3) is 0.413. The van der Waals surface area contributed by atoms with Crippen LogP contribution in [0.1, 0.15) is 102 Å². The Balaban J connectivity index is 1.14. The molecule has 14 heteroatoms. The first kappa shape index (κ1) is 45.2. The Bertz CT molecular complexity index is 2040. The highest BCUT2D eigenvalue weighted by atomic mass is 32.1. The quantitative estimate of drug-likeness (QED) is 0.0126. The van der Waals surface area contributed by atoms with Crippen molar-refractivity contribution in [3.63, 3.8) is 0 Å². The average Bonchev–Trinajstić information content (AvgIpc) is 3.70. The Morgan fingerprint density at radius 2 is 1.45 bits per heavy atom. The topological polar surface area (TPSA) is 160 Å². The van der Waals surface area contributed by atoms with Gasteiger partial charge in [-0.1, -0.05) is 62.7 Å². The molecule has 0 N–H and O–H groups in total. The molecule has 5 rings (SSSR count). The van der Waals surface area contributed by atoms with Crippen molar-refractivity contribution in [3.05, 3.63) is 84.9 Å². The molecular formula is C46H53N3O10S. The summed E-state index contributed by atoms with van der Waals surface area (Å²) in [7, 11) is 0. The van der Waals surface area contributed by atoms with E-state index in [9.17, 15) is 24.0 Å². The molecule has 3 aromatic carbocycles. The van der Waals surface area contributed by atoms with E-state index in [4.69, 9.17) is 23.7 Å². The van der Waals surface area contributed by atoms with Crippen molar-refractivity contribution < 1.29 is 47.7 Å². The monoisotopic (exact) mass is 839 g/mol. The fourth-order valence-corrected chi connectivity index (χ4v) is 7.61. The number of esters is 3. The van der Waals surface area contributed by atoms with Crippen molar-refractivity contribution in [1.29, 1.82) is 0 Å². The molecule has 0 saturated heterocycles. The lowest BCUT2D eigenvalue weighted by molar-refractivity contribution is -0.145. The number of anilines is 1. The first-order valence-corrected chi connectivity index (χ1v) is 21.5. The Morgan fingerprint density at radius 3 is 2.15 bits per heavy atom. The molecule has 1 heterocycles. The van der Waals surface area contributed by atoms with E-state index < -0.39 is 17.9 Å². The Labute approximate surface area is 354 Å². The molecule has 1 fully saturated rings. The van der Waals surface area contributed by atoms with Gasteiger partial charge in [-0.15, -0.1) is 0 Å². The van der Waals surface area contributed by atoms with Gasteiger partial charge in [0.2, 0.25) is 11.0 Å². The number of rotatable bonds is 24. The molecule has 0 atom stereocenters. The highest BCUT2D eigenvalue weighted by molar-refractivity contribution is 7.22. The number of hydrogen-bond acceptors (Lipinski definition) is 13. The van der Waals surface area contributed by atoms with E-state index in [0.717, 1.165) is 67.7 Å². The largest absolute Gasteiger partial charge is 0.494 e. The zero-order valence-corrected chi connectivity index (χ0v) is 34.9. The van der Waals surface area contributed by atoms with E-state index in [-0.39, 0.29) is 35.7 Å². The molecular weight excluding hydrogens is 787 g/mol. The lowest BCUT2D eigenvalue weighted by Gasteiger charge is -2.26. The molecule has 0 bridgehead atoms. The highest BCUT2D eigenvalue weighted by Crippen LogP contribution is 2.34. The van der Waals surface area contributed by atoms with Crippen LogP contribution in [0.25, 0.3) is 10.2 Å². The SMILES string of the molecule is C=CC(=O)OCCCCCCOc1ccc(OC(=O)C2CCC(C(=O)Oc3ccc(OC=O)cc3/C=N/N(C(=O)CCCCCCC)c3nc4ccccc4s3)CC2)cc1. The Morgan fingerprint density at radius 1 is 0.800 bits per heavy atom. The highest BCUT2D eigenvalue weighted by Gasteiger charge is 2.32. The van der Waals surface area contributed by atoms with Crippen LogP contribution >= 0.6 is 11.3 Å². The number of fused-ring (bicyclic) bond motifs is 1. The summed E-state index contributed by atoms with van der Waals surface area (Å²) in [6.45, 7) is 6.73. The van der Waals surface area contributed by atoms with Gasteiger partial charge in [-0.25, -0.2) is 9.78 Å². The number of hydrogen-bond donors (Lipinski definition) is 0. The maximum absolute atomic E-state index is 13.6. The zero-order valence-electron chi connectivity index (χ0n) is 34.1. The molecule has 1 saturated carbocycles. The lowest BCUT2D eigenvalue weighted by Crippen LogP contribution is -2.30. The normalized spacial score (nSPS) is 14.9. The van der Waals surface area contributed by atoms with E-state index in [1.54, 1.807) is 24.3 Å². The molecule has 318 valence electrons. The van der Waals surface area contributed by atoms with Gasteiger partial charge < -0.3 is 23.7 Å². The number of carbonyl (C=O) groups is 5. The van der Waals surface area contributed by atoms with Crippen LogP contribution in [0.3, 0.4) is 0 Å². The van der Waals surface area contributed by atoms with Crippen LogP contribution in [0.5, 0.6) is 23.0 Å². The second kappa shape index (κ2) is 24.3. The smallest absolute Gasteiger partial charge is 0.330 e. The molecule has 1 amide bonds. The van der Waals surface area contributed by atoms with Gasteiger partial charge in [0.15, 0.2) is 0 Å². The van der Waals surface area contributed by atoms with Crippen LogP contribution in [0.4, 0.5) is 5.13 Å². The molecule has 0 radical (unpaired) electrons. The zero-order chi connectivity index (χ0) is 42.5. The summed E-state index contributed by atoms with van der Waals surface area (Å²) in [5.41, 5.74) is 1.06. The van der Waals surface area contributed by atoms with Gasteiger partial charge in [-0.3, -0.25) is 19.2 Å². The van der Waals surface area contributed by atoms with Gasteiger partial charge in [0.25, 0.3) is 6.47 Å². The van der Waals surface area contributed by atoms with Gasteiger partial charge in [0, 0.05) is 18.1 Å². The molecule has 1 aromatic heterocycles. The summed E-state index contributed by atoms with van der Waals surface area (Å²) < 4.78 is 28.3. The summed E-state index contributed by atoms with van der Waals surface area (Å²) in [5, 5.41) is 6.25. The van der Waals surface area contributed by atoms with Crippen molar-refractivity contribution in [3.8, 4) is 23.0 Å². The minimum Gasteiger partial charge on any atom is -0.494 e. The van der Waals surface area contributed by atoms with E-state index in [1.165, 1.54) is 40.8 Å². The van der Waals surface area contributed by atoms with Gasteiger partial charge in [0.1, 0.15) is 23.0 Å². The fourth-order valence-electron chi connectivity index (χ4n) is 6.67. The number of para-hydroxylation sites is 1. The number of ether oxygens (including phenoxy) is 5. The Kier molecular flexibility index (Phi) is 18.3. The van der Waals surface area contributed by atoms with Crippen LogP contribution in [-0.2, 0) is 28.7 Å². The van der Waals surface area contributed by atoms with Crippen molar-refractivity contribution in [2.24, 2.45) is 16.9 Å². The average molecular weight is 840 g/mol. The number of amides is 1. The standard InChI is InChI=1S/C46H53N3O10S/c1-3-5-6-7-10-17-42(51)49(46-48-39-15-11-12-16-41(39)60-46)47-31-35-30-38(57-32-50)26-27-40(35)59-45(54)34-20-18-33(19-21-34)44(53)58-37-24-22-36(23-25-37)55-28-13-8-9-14-29-56-43(52)4-2/h4,11-12,15-16,22-27,30-34H,2-3,5-10,13-14,17-21,28-29H2,1H3/b47-31+. The molecule has 1 aliphatic rings. The summed E-state index contributed by atoms with van der Waals surface area (Å²) in [6, 6.07) is 19.0. The predicted molar refractivity (Wildman–Crippen MR) is 229 cm³/mol. The van der Waals surface area contributed by atoms with Crippen LogP contribution in [0.15, 0.2) is 84.5 Å². The number of unbranched alkanes of at least 4 members (excludes halogenated alkanes) is 7. The van der Waals surface area contributed by atoms with Crippen LogP contribution in [0.2, 0.25) is 0 Å². The van der Waals surface area contributed by atoms with Crippen molar-refractivity contribution in [2.45, 2.75) is 96.8 Å². The van der Waals surface area contributed by atoms with E-state index in [1.807, 2.05) is 24.3 Å². The number of nitrogens with zero attached hydrogens (tertiary/aromatic N) is 3. The summed E-state index contributed by atoms with van der Waals surface area (Å²) in [4.78, 5) is 67.1. The third kappa shape index (κ3) is 14.1. The van der Waals surface area contributed by atoms with Crippen molar-refractivity contribution >= 4 is 63.2 Å². The van der Waals surface area contributed by atoms with Crippen LogP contribution < -0.4 is 24.0 Å². The number of thiazole rings is 1. The van der Waals surface area contributed by atoms with E-state index in [0.29, 0.717) is 74.0 Å². The second-order valence-corrected chi connectivity index (χ2v) is 15.5. The third-order valence-corrected chi connectivity index (χ3v) is 11.0. The maximum atomic E-state index is 13.6. The molecule has 60 heavy (non-hydrogen) atoms. The number of benzene rings is 3. The number of carbonyl (C=O) groups excluding carboxylic acids is 5. The minimum absolute atomic E-state index is 0.177. The van der Waals surface area contributed by atoms with Crippen LogP contribution in [0, 0.1) is 11.8 Å². The van der Waals surface area contributed by atoms with Crippen molar-refractivity contribution in [1.82, 2.24) is 4.98 Å². The predicted octanol–water partition coefficient (Wildman–Crippen LogP) is 9.54. The lowest BCUT2D eigenvalue weighted by atomic mass is 9.82. The first-order valence-electron chi connectivity index (χ1n) is 20.7. The molecule has 1 aliphatic carbocycles.